The molecule has 4 aromatic rings. The highest BCUT2D eigenvalue weighted by molar-refractivity contribution is 7.21. The fourth-order valence-corrected chi connectivity index (χ4v) is 3.25. The summed E-state index contributed by atoms with van der Waals surface area (Å²) < 4.78 is 1.08. The number of aromatic carboxylic acids is 1. The lowest BCUT2D eigenvalue weighted by Crippen LogP contribution is -1.94. The van der Waals surface area contributed by atoms with Crippen LogP contribution >= 0.6 is 11.3 Å². The van der Waals surface area contributed by atoms with Crippen molar-refractivity contribution in [2.24, 2.45) is 0 Å². The Hall–Kier alpha value is -2.73. The Morgan fingerprint density at radius 1 is 1.19 bits per heavy atom. The van der Waals surface area contributed by atoms with E-state index in [2.05, 4.69) is 15.2 Å². The number of thiazole rings is 1. The molecular weight excluding hydrogens is 286 g/mol. The summed E-state index contributed by atoms with van der Waals surface area (Å²) >= 11 is 1.54. The van der Waals surface area contributed by atoms with Gasteiger partial charge in [0.15, 0.2) is 0 Å². The first kappa shape index (κ1) is 12.0. The molecule has 2 aromatic carbocycles. The molecular formula is C15H9N3O2S. The smallest absolute Gasteiger partial charge is 0.335 e. The van der Waals surface area contributed by atoms with Gasteiger partial charge in [-0.1, -0.05) is 12.1 Å². The zero-order chi connectivity index (χ0) is 14.4. The van der Waals surface area contributed by atoms with Crippen molar-refractivity contribution in [3.05, 3.63) is 48.0 Å². The van der Waals surface area contributed by atoms with E-state index in [0.29, 0.717) is 5.69 Å². The normalized spacial score (nSPS) is 11.2. The molecule has 0 fully saturated rings. The third-order valence-corrected chi connectivity index (χ3v) is 4.35. The molecule has 0 saturated heterocycles. The molecule has 0 unspecified atom stereocenters. The number of aromatic amines is 1. The Morgan fingerprint density at radius 3 is 2.86 bits per heavy atom. The molecule has 0 amide bonds. The number of aromatic nitrogens is 3. The third kappa shape index (κ3) is 1.88. The summed E-state index contributed by atoms with van der Waals surface area (Å²) in [5.74, 6) is -0.951. The Kier molecular flexibility index (Phi) is 2.52. The minimum absolute atomic E-state index is 0.242. The Balaban J connectivity index is 1.96. The molecule has 0 saturated carbocycles. The van der Waals surface area contributed by atoms with Gasteiger partial charge in [-0.3, -0.25) is 5.10 Å². The van der Waals surface area contributed by atoms with Crippen LogP contribution in [0.15, 0.2) is 42.5 Å². The van der Waals surface area contributed by atoms with Gasteiger partial charge in [0.05, 0.1) is 21.3 Å². The number of carboxylic acids is 1. The van der Waals surface area contributed by atoms with E-state index in [1.54, 1.807) is 29.5 Å². The van der Waals surface area contributed by atoms with Crippen molar-refractivity contribution < 1.29 is 9.90 Å². The molecule has 2 heterocycles. The van der Waals surface area contributed by atoms with Crippen molar-refractivity contribution in [3.8, 4) is 10.7 Å². The van der Waals surface area contributed by atoms with Gasteiger partial charge in [-0.25, -0.2) is 9.78 Å². The number of benzene rings is 2. The summed E-state index contributed by atoms with van der Waals surface area (Å²) in [5, 5.41) is 17.9. The third-order valence-electron chi connectivity index (χ3n) is 3.31. The average molecular weight is 295 g/mol. The second-order valence-corrected chi connectivity index (χ2v) is 5.66. The number of H-pyrrole nitrogens is 1. The number of carbonyl (C=O) groups is 1. The Labute approximate surface area is 122 Å². The van der Waals surface area contributed by atoms with E-state index in [1.807, 2.05) is 24.3 Å². The number of rotatable bonds is 2. The van der Waals surface area contributed by atoms with Crippen molar-refractivity contribution in [1.82, 2.24) is 15.2 Å². The molecule has 21 heavy (non-hydrogen) atoms. The highest BCUT2D eigenvalue weighted by Crippen LogP contribution is 2.33. The molecule has 2 aromatic heterocycles. The maximum absolute atomic E-state index is 11.1. The SMILES string of the molecule is O=C(O)c1ccc2[nH]nc(-c3nc4ccccc4s3)c2c1. The van der Waals surface area contributed by atoms with E-state index in [1.165, 1.54) is 0 Å². The minimum Gasteiger partial charge on any atom is -0.478 e. The minimum atomic E-state index is -0.951. The van der Waals surface area contributed by atoms with E-state index in [4.69, 9.17) is 5.11 Å². The topological polar surface area (TPSA) is 78.9 Å². The summed E-state index contributed by atoms with van der Waals surface area (Å²) in [7, 11) is 0. The Morgan fingerprint density at radius 2 is 2.05 bits per heavy atom. The van der Waals surface area contributed by atoms with Crippen LogP contribution in [0.1, 0.15) is 10.4 Å². The van der Waals surface area contributed by atoms with Crippen molar-refractivity contribution in [2.45, 2.75) is 0 Å². The van der Waals surface area contributed by atoms with Crippen LogP contribution in [0.25, 0.3) is 31.8 Å². The van der Waals surface area contributed by atoms with E-state index < -0.39 is 5.97 Å². The number of para-hydroxylation sites is 1. The molecule has 0 aliphatic carbocycles. The van der Waals surface area contributed by atoms with E-state index >= 15 is 0 Å². The van der Waals surface area contributed by atoms with Gasteiger partial charge >= 0.3 is 5.97 Å². The van der Waals surface area contributed by atoms with Gasteiger partial charge in [0.25, 0.3) is 0 Å². The molecule has 0 bridgehead atoms. The molecule has 0 radical (unpaired) electrons. The van der Waals surface area contributed by atoms with Gasteiger partial charge in [-0.15, -0.1) is 11.3 Å². The quantitative estimate of drug-likeness (QED) is 0.593. The predicted molar refractivity (Wildman–Crippen MR) is 81.7 cm³/mol. The van der Waals surface area contributed by atoms with E-state index in [-0.39, 0.29) is 5.56 Å². The molecule has 102 valence electrons. The van der Waals surface area contributed by atoms with E-state index in [9.17, 15) is 4.79 Å². The second-order valence-electron chi connectivity index (χ2n) is 4.62. The Bertz CT molecular complexity index is 954. The zero-order valence-electron chi connectivity index (χ0n) is 10.7. The number of hydrogen-bond donors (Lipinski definition) is 2. The van der Waals surface area contributed by atoms with Gasteiger partial charge in [-0.2, -0.15) is 5.10 Å². The van der Waals surface area contributed by atoms with Crippen LogP contribution in [0.4, 0.5) is 0 Å². The van der Waals surface area contributed by atoms with Crippen LogP contribution < -0.4 is 0 Å². The molecule has 0 aliphatic rings. The van der Waals surface area contributed by atoms with E-state index in [0.717, 1.165) is 26.1 Å². The molecule has 4 rings (SSSR count). The molecule has 6 heteroatoms. The zero-order valence-corrected chi connectivity index (χ0v) is 11.5. The number of carboxylic acid groups (broad SMARTS) is 1. The number of nitrogens with one attached hydrogen (secondary N) is 1. The molecule has 2 N–H and O–H groups in total. The molecule has 0 aliphatic heterocycles. The first-order chi connectivity index (χ1) is 10.2. The lowest BCUT2D eigenvalue weighted by Gasteiger charge is -1.95. The van der Waals surface area contributed by atoms with Crippen molar-refractivity contribution in [2.75, 3.05) is 0 Å². The van der Waals surface area contributed by atoms with Crippen LogP contribution in [0.5, 0.6) is 0 Å². The number of fused-ring (bicyclic) bond motifs is 2. The summed E-state index contributed by atoms with van der Waals surface area (Å²) in [6, 6.07) is 12.8. The summed E-state index contributed by atoms with van der Waals surface area (Å²) in [6.45, 7) is 0. The largest absolute Gasteiger partial charge is 0.478 e. The lowest BCUT2D eigenvalue weighted by molar-refractivity contribution is 0.0697. The van der Waals surface area contributed by atoms with Crippen LogP contribution in [-0.2, 0) is 0 Å². The molecule has 0 spiro atoms. The highest BCUT2D eigenvalue weighted by atomic mass is 32.1. The monoisotopic (exact) mass is 295 g/mol. The number of hydrogen-bond acceptors (Lipinski definition) is 4. The van der Waals surface area contributed by atoms with Gasteiger partial charge in [-0.05, 0) is 30.3 Å². The fraction of sp³-hybridized carbons (Fsp3) is 0. The maximum Gasteiger partial charge on any atom is 0.335 e. The standard InChI is InChI=1S/C15H9N3O2S/c19-15(20)8-5-6-10-9(7-8)13(18-17-10)14-16-11-3-1-2-4-12(11)21-14/h1-7H,(H,17,18)(H,19,20). The second kappa shape index (κ2) is 4.39. The summed E-state index contributed by atoms with van der Waals surface area (Å²) in [5.41, 5.74) is 2.65. The van der Waals surface area contributed by atoms with Crippen molar-refractivity contribution in [3.63, 3.8) is 0 Å². The van der Waals surface area contributed by atoms with Crippen LogP contribution in [0.3, 0.4) is 0 Å². The highest BCUT2D eigenvalue weighted by Gasteiger charge is 2.14. The van der Waals surface area contributed by atoms with Crippen molar-refractivity contribution >= 4 is 38.4 Å². The lowest BCUT2D eigenvalue weighted by atomic mass is 10.1. The summed E-state index contributed by atoms with van der Waals surface area (Å²) in [4.78, 5) is 15.7. The first-order valence-corrected chi connectivity index (χ1v) is 7.11. The maximum atomic E-state index is 11.1. The fourth-order valence-electron chi connectivity index (χ4n) is 2.28. The van der Waals surface area contributed by atoms with Gasteiger partial charge in [0.2, 0.25) is 0 Å². The van der Waals surface area contributed by atoms with Gasteiger partial charge < -0.3 is 5.11 Å². The predicted octanol–water partition coefficient (Wildman–Crippen LogP) is 3.54. The van der Waals surface area contributed by atoms with Crippen LogP contribution in [0, 0.1) is 0 Å². The van der Waals surface area contributed by atoms with Crippen LogP contribution in [-0.4, -0.2) is 26.3 Å². The first-order valence-electron chi connectivity index (χ1n) is 6.30. The average Bonchev–Trinajstić information content (AvgIpc) is 3.09. The van der Waals surface area contributed by atoms with Gasteiger partial charge in [0, 0.05) is 5.39 Å². The molecule has 5 nitrogen and oxygen atoms in total. The summed E-state index contributed by atoms with van der Waals surface area (Å²) in [6.07, 6.45) is 0. The van der Waals surface area contributed by atoms with Crippen molar-refractivity contribution in [1.29, 1.82) is 0 Å². The number of nitrogens with zero attached hydrogens (tertiary/aromatic N) is 2. The van der Waals surface area contributed by atoms with Gasteiger partial charge in [0.1, 0.15) is 10.7 Å². The van der Waals surface area contributed by atoms with Crippen LogP contribution in [0.2, 0.25) is 0 Å². The molecule has 0 atom stereocenters.